The molecule has 2 aromatic rings. The third-order valence-electron chi connectivity index (χ3n) is 7.94. The number of rotatable bonds is 15. The highest BCUT2D eigenvalue weighted by Gasteiger charge is 2.52. The van der Waals surface area contributed by atoms with Crippen molar-refractivity contribution in [1.29, 1.82) is 0 Å². The summed E-state index contributed by atoms with van der Waals surface area (Å²) in [4.78, 5) is 111. The Morgan fingerprint density at radius 3 is 2.04 bits per heavy atom. The van der Waals surface area contributed by atoms with Gasteiger partial charge in [-0.3, -0.25) is 28.8 Å². The van der Waals surface area contributed by atoms with Crippen LogP contribution in [0.5, 0.6) is 17.2 Å². The van der Waals surface area contributed by atoms with Gasteiger partial charge in [0.05, 0.1) is 30.1 Å². The Kier molecular flexibility index (Phi) is 11.5. The molecule has 0 bridgehead atoms. The Morgan fingerprint density at radius 1 is 0.849 bits per heavy atom. The van der Waals surface area contributed by atoms with Gasteiger partial charge in [-0.05, 0) is 24.1 Å². The maximum Gasteiger partial charge on any atom is 0.340 e. The number of carbonyl (C=O) groups excluding carboxylic acids is 4. The average molecular weight is 749 g/mol. The van der Waals surface area contributed by atoms with Crippen molar-refractivity contribution in [1.82, 2.24) is 0 Å². The molecule has 2 aliphatic rings. The monoisotopic (exact) mass is 748 g/mol. The van der Waals surface area contributed by atoms with E-state index in [9.17, 15) is 78.9 Å². The van der Waals surface area contributed by atoms with Gasteiger partial charge in [0.2, 0.25) is 0 Å². The van der Waals surface area contributed by atoms with Gasteiger partial charge in [0.15, 0.2) is 35.8 Å². The SMILES string of the molecule is CC(=O)O[C@H]1[C@@H](O)[C@@H](OC2CC(=O)Oc3c2cc(C(=O)c2c(CC(=O)O)cc(O)c(C(=O)CCCC(=O)O)c2O)c(C(=O)O)c3C(=O)O)O[C@@H]1C(=O)O. The van der Waals surface area contributed by atoms with Gasteiger partial charge in [-0.2, -0.15) is 0 Å². The average Bonchev–Trinajstić information content (AvgIpc) is 3.32. The van der Waals surface area contributed by atoms with Crippen LogP contribution < -0.4 is 4.74 Å². The van der Waals surface area contributed by atoms with Crippen LogP contribution in [0.15, 0.2) is 12.1 Å². The molecular formula is C32H28O21. The molecule has 5 atom stereocenters. The van der Waals surface area contributed by atoms with Gasteiger partial charge >= 0.3 is 41.8 Å². The summed E-state index contributed by atoms with van der Waals surface area (Å²) in [6.45, 7) is 0.894. The molecule has 0 radical (unpaired) electrons. The fraction of sp³-hybridized carbons (Fsp3) is 0.344. The van der Waals surface area contributed by atoms with Gasteiger partial charge in [-0.25, -0.2) is 14.4 Å². The minimum atomic E-state index is -2.13. The molecule has 2 aromatic carbocycles. The maximum atomic E-state index is 14.3. The molecule has 1 unspecified atom stereocenters. The van der Waals surface area contributed by atoms with Crippen molar-refractivity contribution >= 4 is 53.4 Å². The molecule has 21 heteroatoms. The van der Waals surface area contributed by atoms with Crippen molar-refractivity contribution in [3.63, 3.8) is 0 Å². The molecule has 0 spiro atoms. The van der Waals surface area contributed by atoms with Gasteiger partial charge in [0.25, 0.3) is 0 Å². The molecule has 0 aromatic heterocycles. The van der Waals surface area contributed by atoms with Crippen LogP contribution in [-0.4, -0.2) is 119 Å². The molecule has 0 amide bonds. The fourth-order valence-corrected chi connectivity index (χ4v) is 5.81. The number of phenolic OH excluding ortho intramolecular Hbond substituents is 2. The predicted molar refractivity (Wildman–Crippen MR) is 163 cm³/mol. The highest BCUT2D eigenvalue weighted by molar-refractivity contribution is 6.21. The number of phenols is 2. The molecule has 0 saturated carbocycles. The molecule has 8 N–H and O–H groups in total. The number of benzene rings is 2. The quantitative estimate of drug-likeness (QED) is 0.0687. The number of hydrogen-bond acceptors (Lipinski definition) is 16. The van der Waals surface area contributed by atoms with E-state index in [0.29, 0.717) is 12.1 Å². The molecule has 53 heavy (non-hydrogen) atoms. The van der Waals surface area contributed by atoms with Gasteiger partial charge in [-0.1, -0.05) is 0 Å². The summed E-state index contributed by atoms with van der Waals surface area (Å²) in [5, 5.41) is 80.7. The van der Waals surface area contributed by atoms with Gasteiger partial charge in [-0.15, -0.1) is 0 Å². The molecule has 4 rings (SSSR count). The van der Waals surface area contributed by atoms with E-state index in [0.717, 1.165) is 6.92 Å². The van der Waals surface area contributed by atoms with Crippen molar-refractivity contribution in [2.75, 3.05) is 0 Å². The van der Waals surface area contributed by atoms with Crippen molar-refractivity contribution in [3.05, 3.63) is 51.1 Å². The first-order chi connectivity index (χ1) is 24.7. The van der Waals surface area contributed by atoms with E-state index in [-0.39, 0.29) is 6.42 Å². The number of carbonyl (C=O) groups is 9. The van der Waals surface area contributed by atoms with Crippen LogP contribution in [0.25, 0.3) is 0 Å². The zero-order valence-corrected chi connectivity index (χ0v) is 27.0. The summed E-state index contributed by atoms with van der Waals surface area (Å²) >= 11 is 0. The number of aromatic carboxylic acids is 2. The third-order valence-corrected chi connectivity index (χ3v) is 7.94. The highest BCUT2D eigenvalue weighted by Crippen LogP contribution is 2.44. The number of aliphatic carboxylic acids is 3. The second kappa shape index (κ2) is 15.4. The van der Waals surface area contributed by atoms with E-state index in [1.165, 1.54) is 0 Å². The van der Waals surface area contributed by atoms with Crippen LogP contribution in [0, 0.1) is 0 Å². The first-order valence-electron chi connectivity index (χ1n) is 15.1. The lowest BCUT2D eigenvalue weighted by molar-refractivity contribution is -0.203. The number of aromatic hydroxyl groups is 2. The number of carboxylic acids is 5. The summed E-state index contributed by atoms with van der Waals surface area (Å²) in [6, 6.07) is 1.24. The summed E-state index contributed by atoms with van der Waals surface area (Å²) < 4.78 is 20.7. The molecule has 282 valence electrons. The largest absolute Gasteiger partial charge is 0.507 e. The van der Waals surface area contributed by atoms with E-state index < -0.39 is 166 Å². The zero-order chi connectivity index (χ0) is 39.6. The van der Waals surface area contributed by atoms with Gasteiger partial charge < -0.3 is 59.8 Å². The number of ether oxygens (including phenoxy) is 4. The van der Waals surface area contributed by atoms with Crippen molar-refractivity contribution < 1.29 is 103 Å². The Bertz CT molecular complexity index is 1960. The van der Waals surface area contributed by atoms with E-state index >= 15 is 0 Å². The normalized spacial score (nSPS) is 20.5. The number of aliphatic hydroxyl groups excluding tert-OH is 1. The lowest BCUT2D eigenvalue weighted by Gasteiger charge is -2.30. The lowest BCUT2D eigenvalue weighted by atomic mass is 9.85. The molecule has 21 nitrogen and oxygen atoms in total. The number of aliphatic hydroxyl groups is 1. The fourth-order valence-electron chi connectivity index (χ4n) is 5.81. The molecule has 1 saturated heterocycles. The third kappa shape index (κ3) is 8.06. The zero-order valence-electron chi connectivity index (χ0n) is 27.0. The van der Waals surface area contributed by atoms with E-state index in [4.69, 9.17) is 24.1 Å². The van der Waals surface area contributed by atoms with Crippen LogP contribution in [0.3, 0.4) is 0 Å². The van der Waals surface area contributed by atoms with Crippen LogP contribution >= 0.6 is 0 Å². The first-order valence-corrected chi connectivity index (χ1v) is 15.1. The van der Waals surface area contributed by atoms with Crippen molar-refractivity contribution in [2.45, 2.75) is 69.7 Å². The Morgan fingerprint density at radius 2 is 1.49 bits per heavy atom. The lowest BCUT2D eigenvalue weighted by Crippen LogP contribution is -2.40. The van der Waals surface area contributed by atoms with E-state index in [1.807, 2.05) is 0 Å². The number of esters is 2. The Labute approximate surface area is 294 Å². The van der Waals surface area contributed by atoms with E-state index in [2.05, 4.69) is 0 Å². The second-order valence-corrected chi connectivity index (χ2v) is 11.6. The number of hydrogen-bond donors (Lipinski definition) is 8. The number of Topliss-reactive ketones (excluding diaryl/α,β-unsaturated/α-hetero) is 1. The summed E-state index contributed by atoms with van der Waals surface area (Å²) in [5.41, 5.74) is -7.16. The van der Waals surface area contributed by atoms with Crippen LogP contribution in [0.4, 0.5) is 0 Å². The standard InChI is InChI=1S/C32H28O21/c1-9(33)50-27-25(43)32(53-28(27)31(48)49)51-15-8-18(40)52-26-11(15)7-12(20(29(44)45)22(26)30(46)47)23(41)19-10(6-17(38)39)5-14(35)21(24(19)42)13(34)3-2-4-16(36)37/h5,7,15,25,27-28,32,35,42-43H,2-4,6,8H2,1H3,(H,36,37)(H,38,39)(H,44,45)(H,46,47)(H,48,49)/t15?,25-,27+,28+,32+/m1/s1. The minimum absolute atomic E-state index is 0.308. The molecule has 2 aliphatic heterocycles. The number of ketones is 2. The molecule has 2 heterocycles. The van der Waals surface area contributed by atoms with Crippen LogP contribution in [0.2, 0.25) is 0 Å². The summed E-state index contributed by atoms with van der Waals surface area (Å²) in [5.74, 6) is -17.3. The number of fused-ring (bicyclic) bond motifs is 1. The minimum Gasteiger partial charge on any atom is -0.507 e. The van der Waals surface area contributed by atoms with Crippen molar-refractivity contribution in [2.24, 2.45) is 0 Å². The van der Waals surface area contributed by atoms with Crippen LogP contribution in [0.1, 0.15) is 96.8 Å². The highest BCUT2D eigenvalue weighted by atomic mass is 16.7. The Hall–Kier alpha value is -6.45. The van der Waals surface area contributed by atoms with Gasteiger partial charge in [0, 0.05) is 30.9 Å². The topological polar surface area (TPSA) is 352 Å². The number of carboxylic acid groups (broad SMARTS) is 5. The molecular weight excluding hydrogens is 720 g/mol. The van der Waals surface area contributed by atoms with Crippen LogP contribution in [-0.2, 0) is 44.6 Å². The molecule has 0 aliphatic carbocycles. The van der Waals surface area contributed by atoms with Gasteiger partial charge in [0.1, 0.15) is 28.7 Å². The van der Waals surface area contributed by atoms with Crippen molar-refractivity contribution in [3.8, 4) is 17.2 Å². The second-order valence-electron chi connectivity index (χ2n) is 11.6. The predicted octanol–water partition coefficient (Wildman–Crippen LogP) is 0.259. The Balaban J connectivity index is 1.94. The smallest absolute Gasteiger partial charge is 0.340 e. The van der Waals surface area contributed by atoms with E-state index in [1.54, 1.807) is 0 Å². The first kappa shape index (κ1) is 39.3. The maximum absolute atomic E-state index is 14.3. The summed E-state index contributed by atoms with van der Waals surface area (Å²) in [7, 11) is 0. The molecule has 1 fully saturated rings. The summed E-state index contributed by atoms with van der Waals surface area (Å²) in [6.07, 6.45) is -13.2.